The van der Waals surface area contributed by atoms with Crippen molar-refractivity contribution in [2.45, 2.75) is 64.0 Å². The molecule has 2 unspecified atom stereocenters. The van der Waals surface area contributed by atoms with Crippen molar-refractivity contribution in [2.75, 3.05) is 13.1 Å². The normalized spacial score (nSPS) is 36.2. The van der Waals surface area contributed by atoms with Gasteiger partial charge < -0.3 is 5.73 Å². The summed E-state index contributed by atoms with van der Waals surface area (Å²) in [6, 6.07) is 0.860. The predicted molar refractivity (Wildman–Crippen MR) is 64.8 cm³/mol. The Morgan fingerprint density at radius 3 is 2.73 bits per heavy atom. The van der Waals surface area contributed by atoms with Crippen LogP contribution in [0.5, 0.6) is 0 Å². The van der Waals surface area contributed by atoms with Crippen molar-refractivity contribution < 1.29 is 0 Å². The van der Waals surface area contributed by atoms with Crippen LogP contribution in [0.1, 0.15) is 52.4 Å². The molecule has 2 N–H and O–H groups in total. The van der Waals surface area contributed by atoms with Crippen molar-refractivity contribution in [2.24, 2.45) is 11.7 Å². The zero-order valence-corrected chi connectivity index (χ0v) is 10.3. The van der Waals surface area contributed by atoms with E-state index in [2.05, 4.69) is 18.7 Å². The van der Waals surface area contributed by atoms with E-state index in [0.717, 1.165) is 18.5 Å². The van der Waals surface area contributed by atoms with Crippen LogP contribution in [0.15, 0.2) is 0 Å². The molecule has 15 heavy (non-hydrogen) atoms. The van der Waals surface area contributed by atoms with Crippen molar-refractivity contribution in [3.63, 3.8) is 0 Å². The number of likely N-dealkylation sites (tertiary alicyclic amines) is 1. The van der Waals surface area contributed by atoms with Gasteiger partial charge in [0.1, 0.15) is 0 Å². The Labute approximate surface area is 94.2 Å². The highest BCUT2D eigenvalue weighted by atomic mass is 15.2. The van der Waals surface area contributed by atoms with Crippen LogP contribution in [0.25, 0.3) is 0 Å². The number of hydrogen-bond acceptors (Lipinski definition) is 2. The fraction of sp³-hybridized carbons (Fsp3) is 1.00. The molecule has 1 aliphatic carbocycles. The molecule has 2 nitrogen and oxygen atoms in total. The lowest BCUT2D eigenvalue weighted by molar-refractivity contribution is 0.115. The molecule has 1 heterocycles. The highest BCUT2D eigenvalue weighted by Gasteiger charge is 2.39. The summed E-state index contributed by atoms with van der Waals surface area (Å²) in [5, 5.41) is 0. The van der Waals surface area contributed by atoms with Crippen molar-refractivity contribution in [1.29, 1.82) is 0 Å². The van der Waals surface area contributed by atoms with Gasteiger partial charge in [-0.15, -0.1) is 0 Å². The van der Waals surface area contributed by atoms with E-state index in [1.807, 2.05) is 0 Å². The molecule has 0 amide bonds. The van der Waals surface area contributed by atoms with Gasteiger partial charge in [-0.1, -0.05) is 0 Å². The van der Waals surface area contributed by atoms with Crippen molar-refractivity contribution in [3.8, 4) is 0 Å². The van der Waals surface area contributed by atoms with Gasteiger partial charge in [0.15, 0.2) is 0 Å². The standard InChI is InChI=1S/C13H26N2/c1-13(2)7-3-9-15(13)12-5-4-11(10-12)6-8-14/h11-12H,3-10,14H2,1-2H3. The molecule has 2 fully saturated rings. The third-order valence-corrected chi connectivity index (χ3v) is 4.49. The van der Waals surface area contributed by atoms with E-state index in [-0.39, 0.29) is 0 Å². The monoisotopic (exact) mass is 210 g/mol. The maximum absolute atomic E-state index is 5.65. The summed E-state index contributed by atoms with van der Waals surface area (Å²) < 4.78 is 0. The minimum absolute atomic E-state index is 0.461. The fourth-order valence-electron chi connectivity index (χ4n) is 3.63. The van der Waals surface area contributed by atoms with Gasteiger partial charge in [0.2, 0.25) is 0 Å². The third-order valence-electron chi connectivity index (χ3n) is 4.49. The molecule has 2 atom stereocenters. The van der Waals surface area contributed by atoms with Gasteiger partial charge in [0, 0.05) is 11.6 Å². The Bertz CT molecular complexity index is 213. The Morgan fingerprint density at radius 1 is 1.33 bits per heavy atom. The van der Waals surface area contributed by atoms with Crippen LogP contribution in [0.4, 0.5) is 0 Å². The molecule has 1 aliphatic heterocycles. The zero-order valence-electron chi connectivity index (χ0n) is 10.3. The lowest BCUT2D eigenvalue weighted by Crippen LogP contribution is -2.44. The molecule has 0 aromatic carbocycles. The molecule has 0 spiro atoms. The highest BCUT2D eigenvalue weighted by Crippen LogP contribution is 2.38. The lowest BCUT2D eigenvalue weighted by atomic mass is 9.99. The van der Waals surface area contributed by atoms with Crippen LogP contribution in [-0.4, -0.2) is 29.6 Å². The van der Waals surface area contributed by atoms with Crippen LogP contribution in [-0.2, 0) is 0 Å². The largest absolute Gasteiger partial charge is 0.330 e. The van der Waals surface area contributed by atoms with E-state index in [1.54, 1.807) is 0 Å². The van der Waals surface area contributed by atoms with Gasteiger partial charge in [-0.05, 0) is 71.4 Å². The van der Waals surface area contributed by atoms with Crippen LogP contribution in [0.2, 0.25) is 0 Å². The number of hydrogen-bond donors (Lipinski definition) is 1. The molecular weight excluding hydrogens is 184 g/mol. The Kier molecular flexibility index (Phi) is 3.36. The van der Waals surface area contributed by atoms with Crippen LogP contribution >= 0.6 is 0 Å². The molecule has 2 heteroatoms. The number of nitrogens with zero attached hydrogens (tertiary/aromatic N) is 1. The molecule has 1 saturated carbocycles. The molecule has 1 saturated heterocycles. The molecule has 0 aromatic rings. The van der Waals surface area contributed by atoms with E-state index in [4.69, 9.17) is 5.73 Å². The summed E-state index contributed by atoms with van der Waals surface area (Å²) in [5.41, 5.74) is 6.11. The van der Waals surface area contributed by atoms with E-state index in [1.165, 1.54) is 45.1 Å². The molecule has 2 aliphatic rings. The number of rotatable bonds is 3. The topological polar surface area (TPSA) is 29.3 Å². The molecule has 0 bridgehead atoms. The number of nitrogens with two attached hydrogens (primary N) is 1. The maximum Gasteiger partial charge on any atom is 0.0156 e. The second kappa shape index (κ2) is 4.42. The summed E-state index contributed by atoms with van der Waals surface area (Å²) in [4.78, 5) is 2.77. The average molecular weight is 210 g/mol. The first-order valence-corrected chi connectivity index (χ1v) is 6.60. The summed E-state index contributed by atoms with van der Waals surface area (Å²) in [6.45, 7) is 7.03. The highest BCUT2D eigenvalue weighted by molar-refractivity contribution is 4.95. The lowest BCUT2D eigenvalue weighted by Gasteiger charge is -2.36. The van der Waals surface area contributed by atoms with Crippen molar-refractivity contribution in [3.05, 3.63) is 0 Å². The van der Waals surface area contributed by atoms with Crippen molar-refractivity contribution in [1.82, 2.24) is 4.90 Å². The van der Waals surface area contributed by atoms with Crippen LogP contribution < -0.4 is 5.73 Å². The Balaban J connectivity index is 1.90. The quantitative estimate of drug-likeness (QED) is 0.775. The summed E-state index contributed by atoms with van der Waals surface area (Å²) in [7, 11) is 0. The van der Waals surface area contributed by atoms with Crippen LogP contribution in [0, 0.1) is 5.92 Å². The van der Waals surface area contributed by atoms with Gasteiger partial charge >= 0.3 is 0 Å². The van der Waals surface area contributed by atoms with Gasteiger partial charge in [-0.3, -0.25) is 4.90 Å². The van der Waals surface area contributed by atoms with Gasteiger partial charge in [0.05, 0.1) is 0 Å². The Hall–Kier alpha value is -0.0800. The molecular formula is C13H26N2. The van der Waals surface area contributed by atoms with E-state index < -0.39 is 0 Å². The summed E-state index contributed by atoms with van der Waals surface area (Å²) in [5.74, 6) is 0.913. The average Bonchev–Trinajstić information content (AvgIpc) is 2.72. The first kappa shape index (κ1) is 11.4. The summed E-state index contributed by atoms with van der Waals surface area (Å²) in [6.07, 6.45) is 8.24. The predicted octanol–water partition coefficient (Wildman–Crippen LogP) is 2.38. The first-order chi connectivity index (χ1) is 7.13. The third kappa shape index (κ3) is 2.36. The second-order valence-electron chi connectivity index (χ2n) is 6.02. The first-order valence-electron chi connectivity index (χ1n) is 6.60. The second-order valence-corrected chi connectivity index (χ2v) is 6.02. The zero-order chi connectivity index (χ0) is 10.9. The summed E-state index contributed by atoms with van der Waals surface area (Å²) >= 11 is 0. The SMILES string of the molecule is CC1(C)CCCN1C1CCC(CCN)C1. The van der Waals surface area contributed by atoms with Crippen LogP contribution in [0.3, 0.4) is 0 Å². The molecule has 0 aromatic heterocycles. The molecule has 88 valence electrons. The fourth-order valence-corrected chi connectivity index (χ4v) is 3.63. The minimum Gasteiger partial charge on any atom is -0.330 e. The van der Waals surface area contributed by atoms with E-state index in [9.17, 15) is 0 Å². The van der Waals surface area contributed by atoms with Crippen molar-refractivity contribution >= 4 is 0 Å². The van der Waals surface area contributed by atoms with Gasteiger partial charge in [-0.25, -0.2) is 0 Å². The maximum atomic E-state index is 5.65. The molecule has 2 rings (SSSR count). The van der Waals surface area contributed by atoms with E-state index >= 15 is 0 Å². The Morgan fingerprint density at radius 2 is 2.13 bits per heavy atom. The molecule has 0 radical (unpaired) electrons. The smallest absolute Gasteiger partial charge is 0.0156 e. The van der Waals surface area contributed by atoms with Gasteiger partial charge in [-0.2, -0.15) is 0 Å². The van der Waals surface area contributed by atoms with Gasteiger partial charge in [0.25, 0.3) is 0 Å². The van der Waals surface area contributed by atoms with E-state index in [0.29, 0.717) is 5.54 Å². The minimum atomic E-state index is 0.461.